The number of hydrogen-bond acceptors (Lipinski definition) is 5. The minimum Gasteiger partial charge on any atom is -0.406 e. The highest BCUT2D eigenvalue weighted by Crippen LogP contribution is 2.32. The Morgan fingerprint density at radius 1 is 1.17 bits per heavy atom. The molecule has 35 heavy (non-hydrogen) atoms. The van der Waals surface area contributed by atoms with E-state index in [1.54, 1.807) is 18.2 Å². The topological polar surface area (TPSA) is 83.3 Å². The standard InChI is InChI=1S/C24H20F5N3O3/c25-23(26)10-12-32(18(13-23)14-30)22(34)8-7-21(33)20-9-11-31-15-17(20)4-1-16-2-5-19(6-3-16)35-24(27,28)29/h1-6,9,11,15,18H,7-8,10,12-13H2/b4-1+/t18-/m0/s1. The molecule has 2 heterocycles. The molecule has 0 radical (unpaired) electrons. The number of rotatable bonds is 7. The van der Waals surface area contributed by atoms with E-state index < -0.39 is 37.1 Å². The van der Waals surface area contributed by atoms with E-state index in [0.717, 1.165) is 17.0 Å². The molecule has 0 aliphatic carbocycles. The number of halogens is 5. The molecule has 3 rings (SSSR count). The van der Waals surface area contributed by atoms with Crippen LogP contribution in [0.15, 0.2) is 42.7 Å². The molecule has 1 aromatic heterocycles. The zero-order valence-corrected chi connectivity index (χ0v) is 18.3. The quantitative estimate of drug-likeness (QED) is 0.388. The van der Waals surface area contributed by atoms with E-state index >= 15 is 0 Å². The van der Waals surface area contributed by atoms with Crippen LogP contribution in [0.5, 0.6) is 5.75 Å². The second-order valence-electron chi connectivity index (χ2n) is 7.88. The molecule has 1 aliphatic rings. The van der Waals surface area contributed by atoms with Crippen LogP contribution in [0, 0.1) is 11.3 Å². The molecule has 0 N–H and O–H groups in total. The molecular formula is C24H20F5N3O3. The summed E-state index contributed by atoms with van der Waals surface area (Å²) >= 11 is 0. The fourth-order valence-electron chi connectivity index (χ4n) is 3.61. The third kappa shape index (κ3) is 7.34. The number of aromatic nitrogens is 1. The Balaban J connectivity index is 1.64. The van der Waals surface area contributed by atoms with Crippen LogP contribution in [0.1, 0.15) is 47.2 Å². The summed E-state index contributed by atoms with van der Waals surface area (Å²) in [7, 11) is 0. The predicted molar refractivity (Wildman–Crippen MR) is 115 cm³/mol. The number of likely N-dealkylation sites (tertiary alicyclic amines) is 1. The number of benzene rings is 1. The normalized spacial score (nSPS) is 17.7. The minimum absolute atomic E-state index is 0.196. The summed E-state index contributed by atoms with van der Waals surface area (Å²) in [5, 5.41) is 9.14. The number of carbonyl (C=O) groups is 2. The maximum atomic E-state index is 13.5. The average Bonchev–Trinajstić information content (AvgIpc) is 2.80. The van der Waals surface area contributed by atoms with Crippen LogP contribution in [0.4, 0.5) is 22.0 Å². The molecule has 6 nitrogen and oxygen atoms in total. The molecule has 0 bridgehead atoms. The summed E-state index contributed by atoms with van der Waals surface area (Å²) in [6.07, 6.45) is -0.550. The minimum atomic E-state index is -4.79. The first-order valence-electron chi connectivity index (χ1n) is 10.6. The smallest absolute Gasteiger partial charge is 0.406 e. The summed E-state index contributed by atoms with van der Waals surface area (Å²) in [6.45, 7) is -0.256. The van der Waals surface area contributed by atoms with Crippen molar-refractivity contribution in [1.82, 2.24) is 9.88 Å². The molecule has 2 aromatic rings. The number of ether oxygens (including phenoxy) is 1. The predicted octanol–water partition coefficient (Wildman–Crippen LogP) is 5.26. The third-order valence-electron chi connectivity index (χ3n) is 5.34. The monoisotopic (exact) mass is 493 g/mol. The van der Waals surface area contributed by atoms with Crippen molar-refractivity contribution in [1.29, 1.82) is 5.26 Å². The molecule has 0 saturated carbocycles. The van der Waals surface area contributed by atoms with Gasteiger partial charge >= 0.3 is 6.36 Å². The van der Waals surface area contributed by atoms with Crippen LogP contribution in [-0.4, -0.2) is 46.4 Å². The van der Waals surface area contributed by atoms with Gasteiger partial charge in [-0.2, -0.15) is 5.26 Å². The molecule has 11 heteroatoms. The molecule has 1 aliphatic heterocycles. The molecular weight excluding hydrogens is 473 g/mol. The van der Waals surface area contributed by atoms with Gasteiger partial charge in [-0.1, -0.05) is 24.3 Å². The summed E-state index contributed by atoms with van der Waals surface area (Å²) in [6, 6.07) is 7.06. The summed E-state index contributed by atoms with van der Waals surface area (Å²) in [5.74, 6) is -4.30. The molecule has 1 atom stereocenters. The van der Waals surface area contributed by atoms with Crippen LogP contribution < -0.4 is 4.74 Å². The number of nitriles is 1. The lowest BCUT2D eigenvalue weighted by atomic mass is 9.97. The van der Waals surface area contributed by atoms with Gasteiger partial charge < -0.3 is 9.64 Å². The van der Waals surface area contributed by atoms with Gasteiger partial charge in [-0.3, -0.25) is 14.6 Å². The van der Waals surface area contributed by atoms with E-state index in [9.17, 15) is 31.5 Å². The van der Waals surface area contributed by atoms with E-state index in [1.165, 1.54) is 30.6 Å². The van der Waals surface area contributed by atoms with Crippen LogP contribution in [0.25, 0.3) is 12.2 Å². The van der Waals surface area contributed by atoms with Crippen LogP contribution in [-0.2, 0) is 4.79 Å². The fraction of sp³-hybridized carbons (Fsp3) is 0.333. The van der Waals surface area contributed by atoms with E-state index in [1.807, 2.05) is 0 Å². The SMILES string of the molecule is N#C[C@@H]1CC(F)(F)CCN1C(=O)CCC(=O)c1ccncc1/C=C/c1ccc(OC(F)(F)F)cc1. The zero-order valence-electron chi connectivity index (χ0n) is 18.3. The zero-order chi connectivity index (χ0) is 25.6. The van der Waals surface area contributed by atoms with Crippen LogP contribution >= 0.6 is 0 Å². The second-order valence-corrected chi connectivity index (χ2v) is 7.88. The van der Waals surface area contributed by atoms with E-state index in [-0.39, 0.29) is 36.5 Å². The molecule has 0 unspecified atom stereocenters. The van der Waals surface area contributed by atoms with Gasteiger partial charge in [0.1, 0.15) is 11.8 Å². The lowest BCUT2D eigenvalue weighted by Crippen LogP contribution is -2.49. The Morgan fingerprint density at radius 2 is 1.89 bits per heavy atom. The van der Waals surface area contributed by atoms with Crippen molar-refractivity contribution in [3.8, 4) is 11.8 Å². The van der Waals surface area contributed by atoms with Gasteiger partial charge in [-0.25, -0.2) is 8.78 Å². The fourth-order valence-corrected chi connectivity index (χ4v) is 3.61. The Morgan fingerprint density at radius 3 is 2.54 bits per heavy atom. The van der Waals surface area contributed by atoms with Gasteiger partial charge in [0.05, 0.1) is 6.07 Å². The van der Waals surface area contributed by atoms with Crippen molar-refractivity contribution in [3.63, 3.8) is 0 Å². The molecule has 184 valence electrons. The van der Waals surface area contributed by atoms with Crippen molar-refractivity contribution >= 4 is 23.8 Å². The number of Topliss-reactive ketones (excluding diaryl/α,β-unsaturated/α-hetero) is 1. The number of piperidine rings is 1. The van der Waals surface area contributed by atoms with Gasteiger partial charge in [0.2, 0.25) is 5.91 Å². The van der Waals surface area contributed by atoms with Crippen molar-refractivity contribution < 1.29 is 36.3 Å². The molecule has 1 saturated heterocycles. The van der Waals surface area contributed by atoms with Crippen molar-refractivity contribution in [2.24, 2.45) is 0 Å². The first-order chi connectivity index (χ1) is 16.5. The first-order valence-corrected chi connectivity index (χ1v) is 10.6. The molecule has 0 spiro atoms. The second kappa shape index (κ2) is 10.6. The lowest BCUT2D eigenvalue weighted by Gasteiger charge is -2.35. The molecule has 1 amide bonds. The van der Waals surface area contributed by atoms with E-state index in [0.29, 0.717) is 11.1 Å². The number of nitrogens with zero attached hydrogens (tertiary/aromatic N) is 3. The summed E-state index contributed by atoms with van der Waals surface area (Å²) in [5.41, 5.74) is 1.23. The lowest BCUT2D eigenvalue weighted by molar-refractivity contribution is -0.274. The summed E-state index contributed by atoms with van der Waals surface area (Å²) in [4.78, 5) is 30.3. The number of alkyl halides is 5. The van der Waals surface area contributed by atoms with Gasteiger partial charge in [0, 0.05) is 55.7 Å². The Hall–Kier alpha value is -3.81. The number of ketones is 1. The van der Waals surface area contributed by atoms with Crippen LogP contribution in [0.3, 0.4) is 0 Å². The van der Waals surface area contributed by atoms with Crippen molar-refractivity contribution in [3.05, 3.63) is 59.4 Å². The first kappa shape index (κ1) is 25.8. The maximum absolute atomic E-state index is 13.5. The molecule has 1 aromatic carbocycles. The third-order valence-corrected chi connectivity index (χ3v) is 5.34. The summed E-state index contributed by atoms with van der Waals surface area (Å²) < 4.78 is 67.7. The average molecular weight is 493 g/mol. The van der Waals surface area contributed by atoms with Gasteiger partial charge in [0.15, 0.2) is 5.78 Å². The van der Waals surface area contributed by atoms with Crippen molar-refractivity contribution in [2.75, 3.05) is 6.54 Å². The Kier molecular flexibility index (Phi) is 7.84. The number of pyridine rings is 1. The highest BCUT2D eigenvalue weighted by molar-refractivity contribution is 6.01. The maximum Gasteiger partial charge on any atom is 0.573 e. The Labute approximate surface area is 197 Å². The van der Waals surface area contributed by atoms with Crippen LogP contribution in [0.2, 0.25) is 0 Å². The number of hydrogen-bond donors (Lipinski definition) is 0. The van der Waals surface area contributed by atoms with Gasteiger partial charge in [-0.05, 0) is 23.8 Å². The van der Waals surface area contributed by atoms with Gasteiger partial charge in [0.25, 0.3) is 5.92 Å². The highest BCUT2D eigenvalue weighted by Gasteiger charge is 2.42. The van der Waals surface area contributed by atoms with Crippen molar-refractivity contribution in [2.45, 2.75) is 44.0 Å². The largest absolute Gasteiger partial charge is 0.573 e. The number of carbonyl (C=O) groups excluding carboxylic acids is 2. The van der Waals surface area contributed by atoms with E-state index in [2.05, 4.69) is 9.72 Å². The highest BCUT2D eigenvalue weighted by atomic mass is 19.4. The van der Waals surface area contributed by atoms with E-state index in [4.69, 9.17) is 5.26 Å². The molecule has 1 fully saturated rings. The Bertz CT molecular complexity index is 1140. The number of amides is 1. The van der Waals surface area contributed by atoms with Gasteiger partial charge in [-0.15, -0.1) is 13.2 Å².